The standard InChI is InChI=1S/C11H17N3O3/c1-11(17-5-10(15)16)6-14(7-11)4-9-3-12-8-13(9)2/h3,8H,4-7H2,1-2H3,(H,15,16). The predicted molar refractivity (Wildman–Crippen MR) is 60.5 cm³/mol. The van der Waals surface area contributed by atoms with Gasteiger partial charge in [-0.3, -0.25) is 4.90 Å². The van der Waals surface area contributed by atoms with E-state index in [0.717, 1.165) is 25.3 Å². The maximum absolute atomic E-state index is 10.4. The molecule has 1 aromatic rings. The Labute approximate surface area is 99.8 Å². The number of carboxylic acid groups (broad SMARTS) is 1. The molecule has 17 heavy (non-hydrogen) atoms. The summed E-state index contributed by atoms with van der Waals surface area (Å²) in [6.07, 6.45) is 3.61. The number of carbonyl (C=O) groups is 1. The van der Waals surface area contributed by atoms with E-state index in [4.69, 9.17) is 9.84 Å². The van der Waals surface area contributed by atoms with Crippen molar-refractivity contribution >= 4 is 5.97 Å². The number of likely N-dealkylation sites (tertiary alicyclic amines) is 1. The van der Waals surface area contributed by atoms with Crippen LogP contribution < -0.4 is 0 Å². The zero-order valence-corrected chi connectivity index (χ0v) is 10.1. The number of rotatable bonds is 5. The van der Waals surface area contributed by atoms with E-state index in [9.17, 15) is 4.79 Å². The highest BCUT2D eigenvalue weighted by Crippen LogP contribution is 2.25. The Morgan fingerprint density at radius 1 is 1.65 bits per heavy atom. The van der Waals surface area contributed by atoms with Crippen LogP contribution >= 0.6 is 0 Å². The van der Waals surface area contributed by atoms with Crippen LogP contribution in [0.4, 0.5) is 0 Å². The van der Waals surface area contributed by atoms with Crippen molar-refractivity contribution in [2.24, 2.45) is 7.05 Å². The number of nitrogens with zero attached hydrogens (tertiary/aromatic N) is 3. The first-order valence-electron chi connectivity index (χ1n) is 5.52. The van der Waals surface area contributed by atoms with Gasteiger partial charge in [0, 0.05) is 32.9 Å². The smallest absolute Gasteiger partial charge is 0.329 e. The average molecular weight is 239 g/mol. The summed E-state index contributed by atoms with van der Waals surface area (Å²) < 4.78 is 7.32. The van der Waals surface area contributed by atoms with Crippen LogP contribution in [-0.4, -0.2) is 50.8 Å². The molecule has 6 heteroatoms. The number of hydrogen-bond acceptors (Lipinski definition) is 4. The molecule has 0 saturated carbocycles. The second kappa shape index (κ2) is 4.46. The van der Waals surface area contributed by atoms with Gasteiger partial charge in [0.1, 0.15) is 6.61 Å². The molecule has 1 aliphatic heterocycles. The molecule has 1 aliphatic rings. The van der Waals surface area contributed by atoms with E-state index in [1.165, 1.54) is 0 Å². The van der Waals surface area contributed by atoms with Crippen molar-refractivity contribution in [2.45, 2.75) is 19.1 Å². The summed E-state index contributed by atoms with van der Waals surface area (Å²) in [6, 6.07) is 0. The highest BCUT2D eigenvalue weighted by Gasteiger charge is 2.40. The summed E-state index contributed by atoms with van der Waals surface area (Å²) in [6.45, 7) is 4.05. The molecule has 0 amide bonds. The Kier molecular flexibility index (Phi) is 3.17. The largest absolute Gasteiger partial charge is 0.480 e. The zero-order valence-electron chi connectivity index (χ0n) is 10.1. The lowest BCUT2D eigenvalue weighted by Gasteiger charge is -2.47. The van der Waals surface area contributed by atoms with Crippen molar-refractivity contribution < 1.29 is 14.6 Å². The van der Waals surface area contributed by atoms with Crippen LogP contribution in [0.3, 0.4) is 0 Å². The molecule has 0 bridgehead atoms. The van der Waals surface area contributed by atoms with Crippen LogP contribution in [0.2, 0.25) is 0 Å². The Bertz CT molecular complexity index is 410. The minimum absolute atomic E-state index is 0.226. The lowest BCUT2D eigenvalue weighted by atomic mass is 9.96. The number of hydrogen-bond donors (Lipinski definition) is 1. The fraction of sp³-hybridized carbons (Fsp3) is 0.636. The third-order valence-corrected chi connectivity index (χ3v) is 2.96. The maximum atomic E-state index is 10.4. The van der Waals surface area contributed by atoms with Crippen molar-refractivity contribution in [3.63, 3.8) is 0 Å². The lowest BCUT2D eigenvalue weighted by Crippen LogP contribution is -2.61. The summed E-state index contributed by atoms with van der Waals surface area (Å²) >= 11 is 0. The minimum Gasteiger partial charge on any atom is -0.480 e. The molecule has 1 saturated heterocycles. The average Bonchev–Trinajstić information content (AvgIpc) is 2.59. The van der Waals surface area contributed by atoms with Gasteiger partial charge in [-0.05, 0) is 6.92 Å². The number of ether oxygens (including phenoxy) is 1. The third kappa shape index (κ3) is 2.83. The van der Waals surface area contributed by atoms with Gasteiger partial charge in [-0.25, -0.2) is 9.78 Å². The molecule has 94 valence electrons. The van der Waals surface area contributed by atoms with Gasteiger partial charge in [-0.1, -0.05) is 0 Å². The van der Waals surface area contributed by atoms with Crippen molar-refractivity contribution in [3.05, 3.63) is 18.2 Å². The molecule has 0 aliphatic carbocycles. The number of carboxylic acids is 1. The summed E-state index contributed by atoms with van der Waals surface area (Å²) in [4.78, 5) is 16.7. The van der Waals surface area contributed by atoms with Crippen LogP contribution in [0.5, 0.6) is 0 Å². The summed E-state index contributed by atoms with van der Waals surface area (Å²) in [5.74, 6) is -0.920. The van der Waals surface area contributed by atoms with E-state index in [1.54, 1.807) is 6.33 Å². The molecule has 1 fully saturated rings. The first-order valence-corrected chi connectivity index (χ1v) is 5.52. The molecule has 0 atom stereocenters. The van der Waals surface area contributed by atoms with Crippen LogP contribution in [0.1, 0.15) is 12.6 Å². The van der Waals surface area contributed by atoms with Crippen LogP contribution in [0.25, 0.3) is 0 Å². The fourth-order valence-electron chi connectivity index (χ4n) is 2.10. The molecular weight excluding hydrogens is 222 g/mol. The Morgan fingerprint density at radius 3 is 2.88 bits per heavy atom. The number of aryl methyl sites for hydroxylation is 1. The molecule has 6 nitrogen and oxygen atoms in total. The third-order valence-electron chi connectivity index (χ3n) is 2.96. The lowest BCUT2D eigenvalue weighted by molar-refractivity contribution is -0.165. The van der Waals surface area contributed by atoms with Crippen molar-refractivity contribution in [1.29, 1.82) is 0 Å². The first-order chi connectivity index (χ1) is 7.98. The first kappa shape index (κ1) is 12.1. The summed E-state index contributed by atoms with van der Waals surface area (Å²) in [5.41, 5.74) is 0.821. The van der Waals surface area contributed by atoms with E-state index < -0.39 is 5.97 Å². The molecule has 1 N–H and O–H groups in total. The molecule has 0 unspecified atom stereocenters. The van der Waals surface area contributed by atoms with Gasteiger partial charge in [-0.15, -0.1) is 0 Å². The van der Waals surface area contributed by atoms with Gasteiger partial charge >= 0.3 is 5.97 Å². The topological polar surface area (TPSA) is 67.6 Å². The Morgan fingerprint density at radius 2 is 2.35 bits per heavy atom. The van der Waals surface area contributed by atoms with Gasteiger partial charge < -0.3 is 14.4 Å². The van der Waals surface area contributed by atoms with Gasteiger partial charge in [0.25, 0.3) is 0 Å². The van der Waals surface area contributed by atoms with Gasteiger partial charge in [0.15, 0.2) is 0 Å². The molecule has 1 aromatic heterocycles. The van der Waals surface area contributed by atoms with Crippen LogP contribution in [0.15, 0.2) is 12.5 Å². The van der Waals surface area contributed by atoms with Gasteiger partial charge in [0.05, 0.1) is 17.6 Å². The van der Waals surface area contributed by atoms with E-state index in [0.29, 0.717) is 0 Å². The van der Waals surface area contributed by atoms with Gasteiger partial charge in [0.2, 0.25) is 0 Å². The van der Waals surface area contributed by atoms with E-state index in [2.05, 4.69) is 9.88 Å². The molecule has 0 spiro atoms. The summed E-state index contributed by atoms with van der Waals surface area (Å²) in [5, 5.41) is 8.56. The highest BCUT2D eigenvalue weighted by atomic mass is 16.5. The summed E-state index contributed by atoms with van der Waals surface area (Å²) in [7, 11) is 1.96. The fourth-order valence-corrected chi connectivity index (χ4v) is 2.10. The van der Waals surface area contributed by atoms with Crippen molar-refractivity contribution in [1.82, 2.24) is 14.5 Å². The Balaban J connectivity index is 1.78. The normalized spacial score (nSPS) is 18.9. The number of imidazole rings is 1. The van der Waals surface area contributed by atoms with Crippen molar-refractivity contribution in [2.75, 3.05) is 19.7 Å². The molecule has 0 aromatic carbocycles. The number of aromatic nitrogens is 2. The van der Waals surface area contributed by atoms with Crippen LogP contribution in [-0.2, 0) is 23.1 Å². The molecule has 2 heterocycles. The second-order valence-corrected chi connectivity index (χ2v) is 4.77. The zero-order chi connectivity index (χ0) is 12.5. The molecular formula is C11H17N3O3. The van der Waals surface area contributed by atoms with E-state index >= 15 is 0 Å². The van der Waals surface area contributed by atoms with E-state index in [1.807, 2.05) is 24.7 Å². The molecule has 2 rings (SSSR count). The minimum atomic E-state index is -0.920. The van der Waals surface area contributed by atoms with E-state index in [-0.39, 0.29) is 12.2 Å². The SMILES string of the molecule is Cn1cncc1CN1CC(C)(OCC(=O)O)C1. The van der Waals surface area contributed by atoms with Gasteiger partial charge in [-0.2, -0.15) is 0 Å². The predicted octanol–water partition coefficient (Wildman–Crippen LogP) is 0.0956. The Hall–Kier alpha value is -1.40. The maximum Gasteiger partial charge on any atom is 0.329 e. The second-order valence-electron chi connectivity index (χ2n) is 4.77. The van der Waals surface area contributed by atoms with Crippen LogP contribution in [0, 0.1) is 0 Å². The highest BCUT2D eigenvalue weighted by molar-refractivity contribution is 5.68. The monoisotopic (exact) mass is 239 g/mol. The quantitative estimate of drug-likeness (QED) is 0.789. The number of aliphatic carboxylic acids is 1. The molecule has 0 radical (unpaired) electrons. The van der Waals surface area contributed by atoms with Crippen molar-refractivity contribution in [3.8, 4) is 0 Å².